The number of benzene rings is 4. The standard InChI is InChI=1S/C32H26I2O4/c33-26-12-4-22(5-13-26)30(35)37-28-16-8-24(9-17-28)32(20-2-1-3-21-32)25-10-18-29(19-11-25)38-31(36)23-6-14-27(34)15-7-23/h4-19H,1-3,20-21H2. The van der Waals surface area contributed by atoms with Gasteiger partial charge in [-0.2, -0.15) is 0 Å². The van der Waals surface area contributed by atoms with Gasteiger partial charge in [0.1, 0.15) is 11.5 Å². The van der Waals surface area contributed by atoms with Gasteiger partial charge in [-0.3, -0.25) is 0 Å². The van der Waals surface area contributed by atoms with Crippen molar-refractivity contribution in [3.63, 3.8) is 0 Å². The first kappa shape index (κ1) is 26.9. The van der Waals surface area contributed by atoms with E-state index < -0.39 is 0 Å². The van der Waals surface area contributed by atoms with E-state index in [0.717, 1.165) is 32.8 Å². The summed E-state index contributed by atoms with van der Waals surface area (Å²) in [6, 6.07) is 30.5. The molecule has 0 unspecified atom stereocenters. The van der Waals surface area contributed by atoms with E-state index >= 15 is 0 Å². The van der Waals surface area contributed by atoms with Crippen LogP contribution in [0.4, 0.5) is 0 Å². The molecule has 1 aliphatic carbocycles. The first-order valence-corrected chi connectivity index (χ1v) is 14.8. The number of esters is 2. The van der Waals surface area contributed by atoms with Crippen molar-refractivity contribution in [3.05, 3.63) is 126 Å². The molecule has 4 nitrogen and oxygen atoms in total. The fourth-order valence-corrected chi connectivity index (χ4v) is 5.81. The van der Waals surface area contributed by atoms with Crippen molar-refractivity contribution in [2.45, 2.75) is 37.5 Å². The van der Waals surface area contributed by atoms with Gasteiger partial charge in [0.25, 0.3) is 0 Å². The molecule has 1 fully saturated rings. The number of rotatable bonds is 6. The fourth-order valence-electron chi connectivity index (χ4n) is 5.09. The highest BCUT2D eigenvalue weighted by Crippen LogP contribution is 2.45. The normalized spacial score (nSPS) is 14.5. The Labute approximate surface area is 250 Å². The summed E-state index contributed by atoms with van der Waals surface area (Å²) in [5.74, 6) is 0.330. The molecule has 0 N–H and O–H groups in total. The summed E-state index contributed by atoms with van der Waals surface area (Å²) in [5.41, 5.74) is 3.34. The van der Waals surface area contributed by atoms with Gasteiger partial charge in [-0.15, -0.1) is 0 Å². The zero-order valence-electron chi connectivity index (χ0n) is 20.7. The van der Waals surface area contributed by atoms with Gasteiger partial charge >= 0.3 is 11.9 Å². The number of halogens is 2. The average Bonchev–Trinajstić information content (AvgIpc) is 2.95. The lowest BCUT2D eigenvalue weighted by atomic mass is 9.65. The van der Waals surface area contributed by atoms with Crippen LogP contribution in [-0.4, -0.2) is 11.9 Å². The van der Waals surface area contributed by atoms with Crippen LogP contribution in [0.25, 0.3) is 0 Å². The van der Waals surface area contributed by atoms with Crippen molar-refractivity contribution in [2.24, 2.45) is 0 Å². The summed E-state index contributed by atoms with van der Waals surface area (Å²) in [4.78, 5) is 25.1. The molecule has 0 aliphatic heterocycles. The first-order chi connectivity index (χ1) is 18.4. The van der Waals surface area contributed by atoms with Gasteiger partial charge in [-0.05, 0) is 142 Å². The van der Waals surface area contributed by atoms with E-state index in [1.54, 1.807) is 24.3 Å². The molecule has 4 aromatic carbocycles. The zero-order chi connectivity index (χ0) is 26.5. The number of carbonyl (C=O) groups excluding carboxylic acids is 2. The van der Waals surface area contributed by atoms with Crippen LogP contribution in [0.3, 0.4) is 0 Å². The minimum absolute atomic E-state index is 0.129. The van der Waals surface area contributed by atoms with E-state index in [1.807, 2.05) is 48.5 Å². The lowest BCUT2D eigenvalue weighted by Crippen LogP contribution is -2.30. The number of hydrogen-bond donors (Lipinski definition) is 0. The maximum atomic E-state index is 12.5. The molecule has 38 heavy (non-hydrogen) atoms. The van der Waals surface area contributed by atoms with Crippen molar-refractivity contribution in [1.29, 1.82) is 0 Å². The van der Waals surface area contributed by atoms with E-state index in [-0.39, 0.29) is 17.4 Å². The largest absolute Gasteiger partial charge is 0.423 e. The Morgan fingerprint density at radius 3 is 1.26 bits per heavy atom. The summed E-state index contributed by atoms with van der Waals surface area (Å²) >= 11 is 4.42. The van der Waals surface area contributed by atoms with Gasteiger partial charge in [0.05, 0.1) is 11.1 Å². The molecule has 0 radical (unpaired) electrons. The number of hydrogen-bond acceptors (Lipinski definition) is 4. The number of ether oxygens (including phenoxy) is 2. The molecular formula is C32H26I2O4. The highest BCUT2D eigenvalue weighted by Gasteiger charge is 2.35. The summed E-state index contributed by atoms with van der Waals surface area (Å²) < 4.78 is 13.4. The van der Waals surface area contributed by atoms with Crippen LogP contribution in [0, 0.1) is 7.14 Å². The molecule has 1 saturated carbocycles. The molecule has 1 aliphatic rings. The van der Waals surface area contributed by atoms with Gasteiger partial charge in [0, 0.05) is 12.6 Å². The third-order valence-electron chi connectivity index (χ3n) is 7.10. The predicted molar refractivity (Wildman–Crippen MR) is 165 cm³/mol. The van der Waals surface area contributed by atoms with Crippen molar-refractivity contribution in [3.8, 4) is 11.5 Å². The maximum absolute atomic E-state index is 12.5. The summed E-state index contributed by atoms with van der Waals surface area (Å²) in [6.07, 6.45) is 5.59. The fraction of sp³-hybridized carbons (Fsp3) is 0.188. The zero-order valence-corrected chi connectivity index (χ0v) is 25.0. The van der Waals surface area contributed by atoms with Gasteiger partial charge in [-0.25, -0.2) is 9.59 Å². The van der Waals surface area contributed by atoms with Gasteiger partial charge in [0.2, 0.25) is 0 Å². The second-order valence-corrected chi connectivity index (χ2v) is 12.0. The molecule has 0 bridgehead atoms. The minimum Gasteiger partial charge on any atom is -0.423 e. The molecule has 192 valence electrons. The quantitative estimate of drug-likeness (QED) is 0.114. The maximum Gasteiger partial charge on any atom is 0.343 e. The number of carbonyl (C=O) groups is 2. The van der Waals surface area contributed by atoms with Crippen LogP contribution < -0.4 is 9.47 Å². The highest BCUT2D eigenvalue weighted by molar-refractivity contribution is 14.1. The van der Waals surface area contributed by atoms with Gasteiger partial charge < -0.3 is 9.47 Å². The monoisotopic (exact) mass is 728 g/mol. The second-order valence-electron chi connectivity index (χ2n) is 9.48. The molecule has 5 rings (SSSR count). The smallest absolute Gasteiger partial charge is 0.343 e. The first-order valence-electron chi connectivity index (χ1n) is 12.6. The van der Waals surface area contributed by atoms with E-state index in [9.17, 15) is 9.59 Å². The van der Waals surface area contributed by atoms with Crippen LogP contribution in [0.2, 0.25) is 0 Å². The lowest BCUT2D eigenvalue weighted by molar-refractivity contribution is 0.0725. The van der Waals surface area contributed by atoms with Crippen LogP contribution in [0.5, 0.6) is 11.5 Å². The van der Waals surface area contributed by atoms with Crippen LogP contribution in [0.1, 0.15) is 63.9 Å². The lowest BCUT2D eigenvalue weighted by Gasteiger charge is -2.38. The SMILES string of the molecule is O=C(Oc1ccc(C2(c3ccc(OC(=O)c4ccc(I)cc4)cc3)CCCCC2)cc1)c1ccc(I)cc1. The molecule has 0 atom stereocenters. The molecule has 0 heterocycles. The molecule has 4 aromatic rings. The van der Waals surface area contributed by atoms with E-state index in [4.69, 9.17) is 9.47 Å². The Bertz CT molecular complexity index is 1300. The molecule has 0 aromatic heterocycles. The Hall–Kier alpha value is -2.72. The van der Waals surface area contributed by atoms with E-state index in [2.05, 4.69) is 69.4 Å². The molecule has 0 spiro atoms. The predicted octanol–water partition coefficient (Wildman–Crippen LogP) is 8.58. The Kier molecular flexibility index (Phi) is 8.48. The average molecular weight is 728 g/mol. The van der Waals surface area contributed by atoms with Crippen molar-refractivity contribution < 1.29 is 19.1 Å². The third-order valence-corrected chi connectivity index (χ3v) is 8.54. The van der Waals surface area contributed by atoms with Crippen molar-refractivity contribution in [1.82, 2.24) is 0 Å². The van der Waals surface area contributed by atoms with Crippen molar-refractivity contribution >= 4 is 57.1 Å². The highest BCUT2D eigenvalue weighted by atomic mass is 127. The van der Waals surface area contributed by atoms with Crippen LogP contribution in [-0.2, 0) is 5.41 Å². The van der Waals surface area contributed by atoms with E-state index in [0.29, 0.717) is 22.6 Å². The van der Waals surface area contributed by atoms with Crippen LogP contribution in [0.15, 0.2) is 97.1 Å². The van der Waals surface area contributed by atoms with Crippen LogP contribution >= 0.6 is 45.2 Å². The molecular weight excluding hydrogens is 702 g/mol. The van der Waals surface area contributed by atoms with Gasteiger partial charge in [-0.1, -0.05) is 43.5 Å². The molecule has 6 heteroatoms. The molecule has 0 amide bonds. The Morgan fingerprint density at radius 1 is 0.526 bits per heavy atom. The summed E-state index contributed by atoms with van der Waals surface area (Å²) in [7, 11) is 0. The third kappa shape index (κ3) is 6.12. The molecule has 0 saturated heterocycles. The van der Waals surface area contributed by atoms with E-state index in [1.165, 1.54) is 17.5 Å². The summed E-state index contributed by atoms with van der Waals surface area (Å²) in [5, 5.41) is 0. The topological polar surface area (TPSA) is 52.6 Å². The van der Waals surface area contributed by atoms with Crippen molar-refractivity contribution in [2.75, 3.05) is 0 Å². The Morgan fingerprint density at radius 2 is 0.895 bits per heavy atom. The summed E-state index contributed by atoms with van der Waals surface area (Å²) in [6.45, 7) is 0. The minimum atomic E-state index is -0.364. The Balaban J connectivity index is 1.33. The second kappa shape index (κ2) is 12.0. The van der Waals surface area contributed by atoms with Gasteiger partial charge in [0.15, 0.2) is 0 Å².